The van der Waals surface area contributed by atoms with Gasteiger partial charge in [-0.25, -0.2) is 24.5 Å². The van der Waals surface area contributed by atoms with Crippen LogP contribution in [0.5, 0.6) is 0 Å². The third-order valence-corrected chi connectivity index (χ3v) is 6.88. The van der Waals surface area contributed by atoms with Gasteiger partial charge in [0.05, 0.1) is 0 Å². The molecule has 12 nitrogen and oxygen atoms in total. The van der Waals surface area contributed by atoms with Gasteiger partial charge in [-0.15, -0.1) is 0 Å². The van der Waals surface area contributed by atoms with Gasteiger partial charge in [-0.3, -0.25) is 4.79 Å². The number of carbonyl (C=O) groups is 3. The molecule has 3 heterocycles. The Kier molecular flexibility index (Phi) is 10.1. The summed E-state index contributed by atoms with van der Waals surface area (Å²) < 4.78 is 5.19. The average molecular weight is 602 g/mol. The van der Waals surface area contributed by atoms with Gasteiger partial charge in [0.25, 0.3) is 0 Å². The predicted octanol–water partition coefficient (Wildman–Crippen LogP) is 3.75. The van der Waals surface area contributed by atoms with Crippen LogP contribution < -0.4 is 15.1 Å². The molecule has 1 aliphatic heterocycles. The van der Waals surface area contributed by atoms with Gasteiger partial charge in [0.1, 0.15) is 18.0 Å². The lowest BCUT2D eigenvalue weighted by Crippen LogP contribution is -2.47. The van der Waals surface area contributed by atoms with E-state index in [1.165, 1.54) is 6.08 Å². The summed E-state index contributed by atoms with van der Waals surface area (Å²) in [6.07, 6.45) is 7.32. The molecular weight excluding hydrogens is 562 g/mol. The lowest BCUT2D eigenvalue weighted by Gasteiger charge is -2.36. The van der Waals surface area contributed by atoms with E-state index in [1.54, 1.807) is 38.9 Å². The number of alkyl carbamates (subject to hydrolysis) is 1. The van der Waals surface area contributed by atoms with Crippen molar-refractivity contribution in [1.29, 1.82) is 0 Å². The van der Waals surface area contributed by atoms with Crippen LogP contribution in [-0.4, -0.2) is 88.3 Å². The van der Waals surface area contributed by atoms with Crippen LogP contribution in [-0.2, 0) is 20.9 Å². The summed E-state index contributed by atoms with van der Waals surface area (Å²) in [5.41, 5.74) is 3.85. The first-order valence-electron chi connectivity index (χ1n) is 14.4. The van der Waals surface area contributed by atoms with Crippen molar-refractivity contribution in [1.82, 2.24) is 25.2 Å². The Morgan fingerprint density at radius 2 is 1.68 bits per heavy atom. The maximum Gasteiger partial charge on any atom is 0.408 e. The van der Waals surface area contributed by atoms with E-state index in [0.29, 0.717) is 12.5 Å². The molecule has 2 amide bonds. The van der Waals surface area contributed by atoms with Crippen LogP contribution in [0.15, 0.2) is 55.0 Å². The van der Waals surface area contributed by atoms with Crippen molar-refractivity contribution < 1.29 is 24.2 Å². The molecule has 1 aromatic carbocycles. The number of aromatic nitrogens is 3. The molecule has 0 bridgehead atoms. The normalized spacial score (nSPS) is 13.6. The van der Waals surface area contributed by atoms with E-state index in [-0.39, 0.29) is 12.5 Å². The second-order valence-electron chi connectivity index (χ2n) is 11.6. The van der Waals surface area contributed by atoms with Gasteiger partial charge in [-0.1, -0.05) is 18.2 Å². The number of hydrogen-bond acceptors (Lipinski definition) is 9. The lowest BCUT2D eigenvalue weighted by molar-refractivity contribution is -0.131. The average Bonchev–Trinajstić information content (AvgIpc) is 2.98. The maximum atomic E-state index is 12.5. The third kappa shape index (κ3) is 9.00. The van der Waals surface area contributed by atoms with Crippen LogP contribution in [0.3, 0.4) is 0 Å². The summed E-state index contributed by atoms with van der Waals surface area (Å²) in [5.74, 6) is 0.325. The highest BCUT2D eigenvalue weighted by Crippen LogP contribution is 2.24. The number of carbonyl (C=O) groups excluding carboxylic acids is 2. The number of aryl methyl sites for hydroxylation is 1. The monoisotopic (exact) mass is 601 g/mol. The summed E-state index contributed by atoms with van der Waals surface area (Å²) >= 11 is 0. The molecule has 0 atom stereocenters. The number of likely N-dealkylation sites (N-methyl/N-ethyl adjacent to an activating group) is 1. The van der Waals surface area contributed by atoms with Crippen LogP contribution in [0.2, 0.25) is 0 Å². The summed E-state index contributed by atoms with van der Waals surface area (Å²) in [7, 11) is 1.69. The number of anilines is 2. The van der Waals surface area contributed by atoms with Crippen molar-refractivity contribution in [2.75, 3.05) is 49.6 Å². The van der Waals surface area contributed by atoms with Crippen LogP contribution in [0.1, 0.15) is 37.5 Å². The largest absolute Gasteiger partial charge is 0.478 e. The number of carboxylic acids is 1. The molecule has 0 aliphatic carbocycles. The van der Waals surface area contributed by atoms with E-state index in [0.717, 1.165) is 65.9 Å². The number of aliphatic carboxylic acids is 1. The Balaban J connectivity index is 1.31. The van der Waals surface area contributed by atoms with Crippen molar-refractivity contribution in [2.45, 2.75) is 39.8 Å². The molecule has 2 aromatic heterocycles. The van der Waals surface area contributed by atoms with Crippen molar-refractivity contribution in [3.8, 4) is 11.1 Å². The van der Waals surface area contributed by atoms with E-state index in [9.17, 15) is 14.4 Å². The smallest absolute Gasteiger partial charge is 0.408 e. The Morgan fingerprint density at radius 3 is 2.32 bits per heavy atom. The molecule has 0 spiro atoms. The molecule has 2 N–H and O–H groups in total. The minimum Gasteiger partial charge on any atom is -0.478 e. The molecule has 0 radical (unpaired) electrons. The first-order valence-corrected chi connectivity index (χ1v) is 14.4. The molecular formula is C32H39N7O5. The fraction of sp³-hybridized carbons (Fsp3) is 0.375. The highest BCUT2D eigenvalue weighted by atomic mass is 16.6. The minimum atomic E-state index is -0.990. The van der Waals surface area contributed by atoms with Crippen molar-refractivity contribution in [2.24, 2.45) is 0 Å². The van der Waals surface area contributed by atoms with E-state index >= 15 is 0 Å². The van der Waals surface area contributed by atoms with Crippen LogP contribution >= 0.6 is 0 Å². The van der Waals surface area contributed by atoms with Gasteiger partial charge in [0.2, 0.25) is 11.9 Å². The van der Waals surface area contributed by atoms with Crippen molar-refractivity contribution in [3.05, 3.63) is 71.7 Å². The van der Waals surface area contributed by atoms with Crippen molar-refractivity contribution >= 4 is 35.8 Å². The van der Waals surface area contributed by atoms with Gasteiger partial charge in [-0.2, -0.15) is 0 Å². The zero-order valence-corrected chi connectivity index (χ0v) is 25.8. The highest BCUT2D eigenvalue weighted by Gasteiger charge is 2.22. The predicted molar refractivity (Wildman–Crippen MR) is 168 cm³/mol. The molecule has 3 aromatic rings. The van der Waals surface area contributed by atoms with Gasteiger partial charge >= 0.3 is 12.1 Å². The number of amides is 2. The number of ether oxygens (including phenoxy) is 1. The summed E-state index contributed by atoms with van der Waals surface area (Å²) in [6, 6.07) is 9.79. The Bertz CT molecular complexity index is 1510. The highest BCUT2D eigenvalue weighted by molar-refractivity contribution is 5.85. The lowest BCUT2D eigenvalue weighted by atomic mass is 10.1. The first kappa shape index (κ1) is 31.9. The second-order valence-corrected chi connectivity index (χ2v) is 11.6. The Morgan fingerprint density at radius 1 is 1.00 bits per heavy atom. The summed E-state index contributed by atoms with van der Waals surface area (Å²) in [4.78, 5) is 54.9. The molecule has 232 valence electrons. The summed E-state index contributed by atoms with van der Waals surface area (Å²) in [6.45, 7) is 10.5. The number of piperazine rings is 1. The van der Waals surface area contributed by atoms with Crippen LogP contribution in [0.4, 0.5) is 16.6 Å². The molecule has 1 fully saturated rings. The van der Waals surface area contributed by atoms with Crippen LogP contribution in [0.25, 0.3) is 17.2 Å². The number of hydrogen-bond donors (Lipinski definition) is 2. The molecule has 44 heavy (non-hydrogen) atoms. The second kappa shape index (κ2) is 14.0. The number of rotatable bonds is 9. The fourth-order valence-corrected chi connectivity index (χ4v) is 4.74. The van der Waals surface area contributed by atoms with Gasteiger partial charge in [0, 0.05) is 70.0 Å². The molecule has 12 heteroatoms. The van der Waals surface area contributed by atoms with Gasteiger partial charge in [0.15, 0.2) is 0 Å². The number of benzene rings is 1. The first-order chi connectivity index (χ1) is 20.9. The standard InChI is InChI=1S/C32H39N7O5/c1-22-15-23(9-10-28(41)42)17-33-29(22)38-11-13-39(14-12-38)30-34-18-26(19-35-30)25-8-6-7-24(16-25)21-37(5)27(40)20-36-31(43)44-32(2,3)4/h6-10,15-19H,11-14,20-21H2,1-5H3,(H,36,43)(H,41,42). The number of nitrogens with zero attached hydrogens (tertiary/aromatic N) is 6. The number of carboxylic acid groups (broad SMARTS) is 1. The van der Waals surface area contributed by atoms with Crippen LogP contribution in [0, 0.1) is 6.92 Å². The van der Waals surface area contributed by atoms with E-state index < -0.39 is 17.7 Å². The van der Waals surface area contributed by atoms with Gasteiger partial charge in [-0.05, 0) is 68.2 Å². The van der Waals surface area contributed by atoms with E-state index in [4.69, 9.17) is 9.84 Å². The Hall–Kier alpha value is -5.00. The quantitative estimate of drug-likeness (QED) is 0.348. The molecule has 4 rings (SSSR count). The molecule has 1 saturated heterocycles. The minimum absolute atomic E-state index is 0.150. The van der Waals surface area contributed by atoms with Gasteiger partial charge < -0.3 is 29.9 Å². The SMILES string of the molecule is Cc1cc(C=CC(=O)O)cnc1N1CCN(c2ncc(-c3cccc(CN(C)C(=O)CNC(=O)OC(C)(C)C)c3)cn2)CC1. The number of pyridine rings is 1. The Labute approximate surface area is 257 Å². The molecule has 0 saturated carbocycles. The number of nitrogens with one attached hydrogen (secondary N) is 1. The molecule has 1 aliphatic rings. The van der Waals surface area contributed by atoms with E-state index in [1.807, 2.05) is 49.6 Å². The molecule has 0 unspecified atom stereocenters. The zero-order valence-electron chi connectivity index (χ0n) is 25.8. The summed E-state index contributed by atoms with van der Waals surface area (Å²) in [5, 5.41) is 11.3. The van der Waals surface area contributed by atoms with E-state index in [2.05, 4.69) is 30.1 Å². The topological polar surface area (TPSA) is 141 Å². The fourth-order valence-electron chi connectivity index (χ4n) is 4.74. The maximum absolute atomic E-state index is 12.5. The third-order valence-electron chi connectivity index (χ3n) is 6.88. The van der Waals surface area contributed by atoms with Crippen molar-refractivity contribution in [3.63, 3.8) is 0 Å². The zero-order chi connectivity index (χ0) is 31.9.